The summed E-state index contributed by atoms with van der Waals surface area (Å²) < 4.78 is 33.7. The number of halogens is 3. The third-order valence-corrected chi connectivity index (χ3v) is 5.02. The molecule has 1 aromatic heterocycles. The van der Waals surface area contributed by atoms with Crippen LogP contribution in [0, 0.1) is 25.5 Å². The first-order valence-electron chi connectivity index (χ1n) is 8.97. The lowest BCUT2D eigenvalue weighted by Gasteiger charge is -2.15. The van der Waals surface area contributed by atoms with Crippen LogP contribution in [0.2, 0.25) is 5.02 Å². The highest BCUT2D eigenvalue weighted by molar-refractivity contribution is 6.31. The van der Waals surface area contributed by atoms with Gasteiger partial charge < -0.3 is 14.4 Å². The quantitative estimate of drug-likeness (QED) is 0.610. The van der Waals surface area contributed by atoms with Crippen molar-refractivity contribution in [1.29, 1.82) is 0 Å². The number of carboxylic acid groups (broad SMARTS) is 1. The van der Waals surface area contributed by atoms with Crippen molar-refractivity contribution in [2.24, 2.45) is 0 Å². The number of carboxylic acids is 1. The first kappa shape index (κ1) is 21.5. The van der Waals surface area contributed by atoms with Gasteiger partial charge in [0.15, 0.2) is 0 Å². The zero-order valence-electron chi connectivity index (χ0n) is 16.2. The van der Waals surface area contributed by atoms with Crippen molar-refractivity contribution in [3.8, 4) is 5.75 Å². The maximum Gasteiger partial charge on any atom is 0.335 e. The van der Waals surface area contributed by atoms with Gasteiger partial charge in [0, 0.05) is 23.4 Å². The van der Waals surface area contributed by atoms with E-state index in [-0.39, 0.29) is 35.1 Å². The number of benzene rings is 2. The van der Waals surface area contributed by atoms with Gasteiger partial charge in [-0.1, -0.05) is 23.7 Å². The Bertz CT molecular complexity index is 1190. The Morgan fingerprint density at radius 1 is 1.13 bits per heavy atom. The molecule has 3 rings (SSSR count). The summed E-state index contributed by atoms with van der Waals surface area (Å²) in [6.45, 7) is 3.35. The predicted octanol–water partition coefficient (Wildman–Crippen LogP) is 4.72. The fourth-order valence-electron chi connectivity index (χ4n) is 3.06. The molecule has 0 aliphatic rings. The van der Waals surface area contributed by atoms with Gasteiger partial charge in [0.05, 0.1) is 12.1 Å². The Labute approximate surface area is 176 Å². The van der Waals surface area contributed by atoms with Crippen molar-refractivity contribution < 1.29 is 23.4 Å². The number of rotatable bonds is 6. The Kier molecular flexibility index (Phi) is 6.22. The van der Waals surface area contributed by atoms with Crippen LogP contribution in [-0.4, -0.2) is 15.6 Å². The summed E-state index contributed by atoms with van der Waals surface area (Å²) in [7, 11) is 0. The third-order valence-electron chi connectivity index (χ3n) is 4.68. The molecule has 5 nitrogen and oxygen atoms in total. The van der Waals surface area contributed by atoms with Crippen LogP contribution in [0.15, 0.2) is 47.3 Å². The topological polar surface area (TPSA) is 68.5 Å². The molecular weight excluding hydrogens is 416 g/mol. The first-order chi connectivity index (χ1) is 14.2. The fourth-order valence-corrected chi connectivity index (χ4v) is 3.27. The zero-order valence-corrected chi connectivity index (χ0v) is 17.0. The lowest BCUT2D eigenvalue weighted by molar-refractivity contribution is 0.0696. The highest BCUT2D eigenvalue weighted by Gasteiger charge is 2.15. The lowest BCUT2D eigenvalue weighted by atomic mass is 10.1. The molecule has 156 valence electrons. The summed E-state index contributed by atoms with van der Waals surface area (Å²) in [4.78, 5) is 23.9. The number of hydrogen-bond donors (Lipinski definition) is 1. The van der Waals surface area contributed by atoms with Gasteiger partial charge in [-0.15, -0.1) is 0 Å². The van der Waals surface area contributed by atoms with Crippen molar-refractivity contribution in [2.75, 3.05) is 0 Å². The molecule has 0 amide bonds. The Morgan fingerprint density at radius 2 is 1.87 bits per heavy atom. The minimum atomic E-state index is -1.02. The zero-order chi connectivity index (χ0) is 22.0. The molecule has 2 aromatic carbocycles. The molecule has 0 aliphatic carbocycles. The van der Waals surface area contributed by atoms with E-state index in [4.69, 9.17) is 21.4 Å². The van der Waals surface area contributed by atoms with Gasteiger partial charge in [0.2, 0.25) is 0 Å². The molecule has 0 radical (unpaired) electrons. The van der Waals surface area contributed by atoms with E-state index in [1.807, 2.05) is 0 Å². The van der Waals surface area contributed by atoms with E-state index >= 15 is 0 Å². The molecule has 1 heterocycles. The third kappa shape index (κ3) is 4.52. The number of pyridine rings is 1. The van der Waals surface area contributed by atoms with Crippen LogP contribution in [0.25, 0.3) is 0 Å². The minimum absolute atomic E-state index is 0.0940. The summed E-state index contributed by atoms with van der Waals surface area (Å²) in [6, 6.07) is 9.51. The second kappa shape index (κ2) is 8.67. The SMILES string of the molecule is Cc1cc(Cn2c(C)cc(OCc3ccc(F)cc3F)c(Cl)c2=O)ccc1C(=O)O. The molecular formula is C22H18ClF2NO4. The van der Waals surface area contributed by atoms with Crippen LogP contribution in [0.4, 0.5) is 8.78 Å². The van der Waals surface area contributed by atoms with E-state index in [1.165, 1.54) is 16.7 Å². The second-order valence-corrected chi connectivity index (χ2v) is 7.21. The normalized spacial score (nSPS) is 10.8. The molecule has 0 saturated heterocycles. The van der Waals surface area contributed by atoms with Crippen LogP contribution in [0.3, 0.4) is 0 Å². The second-order valence-electron chi connectivity index (χ2n) is 6.83. The highest BCUT2D eigenvalue weighted by atomic mass is 35.5. The number of hydrogen-bond acceptors (Lipinski definition) is 3. The van der Waals surface area contributed by atoms with Crippen molar-refractivity contribution in [3.63, 3.8) is 0 Å². The van der Waals surface area contributed by atoms with Gasteiger partial charge in [-0.3, -0.25) is 4.79 Å². The van der Waals surface area contributed by atoms with Crippen molar-refractivity contribution in [1.82, 2.24) is 4.57 Å². The summed E-state index contributed by atoms with van der Waals surface area (Å²) in [5.74, 6) is -2.37. The molecule has 1 N–H and O–H groups in total. The molecule has 0 bridgehead atoms. The van der Waals surface area contributed by atoms with Gasteiger partial charge >= 0.3 is 5.97 Å². The molecule has 0 atom stereocenters. The molecule has 0 aliphatic heterocycles. The summed E-state index contributed by atoms with van der Waals surface area (Å²) in [5, 5.41) is 8.97. The van der Waals surface area contributed by atoms with Gasteiger partial charge in [-0.05, 0) is 43.2 Å². The highest BCUT2D eigenvalue weighted by Crippen LogP contribution is 2.24. The number of ether oxygens (including phenoxy) is 1. The number of aromatic nitrogens is 1. The number of aryl methyl sites for hydroxylation is 2. The average molecular weight is 434 g/mol. The number of nitrogens with zero attached hydrogens (tertiary/aromatic N) is 1. The fraction of sp³-hybridized carbons (Fsp3) is 0.182. The van der Waals surface area contributed by atoms with E-state index in [9.17, 15) is 18.4 Å². The van der Waals surface area contributed by atoms with E-state index in [2.05, 4.69) is 0 Å². The van der Waals surface area contributed by atoms with E-state index < -0.39 is 23.2 Å². The van der Waals surface area contributed by atoms with Crippen molar-refractivity contribution in [2.45, 2.75) is 27.0 Å². The summed E-state index contributed by atoms with van der Waals surface area (Å²) >= 11 is 6.18. The monoisotopic (exact) mass is 433 g/mol. The lowest BCUT2D eigenvalue weighted by Crippen LogP contribution is -2.24. The summed E-state index contributed by atoms with van der Waals surface area (Å²) in [6.07, 6.45) is 0. The van der Waals surface area contributed by atoms with Crippen molar-refractivity contribution >= 4 is 17.6 Å². The molecule has 8 heteroatoms. The predicted molar refractivity (Wildman–Crippen MR) is 108 cm³/mol. The average Bonchev–Trinajstić information content (AvgIpc) is 2.68. The van der Waals surface area contributed by atoms with Crippen LogP contribution < -0.4 is 10.3 Å². The van der Waals surface area contributed by atoms with Crippen LogP contribution in [-0.2, 0) is 13.2 Å². The Balaban J connectivity index is 1.85. The minimum Gasteiger partial charge on any atom is -0.487 e. The van der Waals surface area contributed by atoms with Crippen LogP contribution in [0.5, 0.6) is 5.75 Å². The van der Waals surface area contributed by atoms with E-state index in [1.54, 1.807) is 32.0 Å². The van der Waals surface area contributed by atoms with Gasteiger partial charge in [-0.2, -0.15) is 0 Å². The van der Waals surface area contributed by atoms with Gasteiger partial charge in [0.25, 0.3) is 5.56 Å². The molecule has 3 aromatic rings. The molecule has 0 saturated carbocycles. The molecule has 0 unspecified atom stereocenters. The Hall–Kier alpha value is -3.19. The maximum absolute atomic E-state index is 13.8. The number of carbonyl (C=O) groups is 1. The standard InChI is InChI=1S/C22H18ClF2NO4/c1-12-7-14(3-6-17(12)22(28)29)10-26-13(2)8-19(20(23)21(26)27)30-11-15-4-5-16(24)9-18(15)25/h3-9H,10-11H2,1-2H3,(H,28,29). The Morgan fingerprint density at radius 3 is 2.50 bits per heavy atom. The van der Waals surface area contributed by atoms with Crippen LogP contribution >= 0.6 is 11.6 Å². The first-order valence-corrected chi connectivity index (χ1v) is 9.34. The van der Waals surface area contributed by atoms with Crippen molar-refractivity contribution in [3.05, 3.63) is 97.4 Å². The summed E-state index contributed by atoms with van der Waals surface area (Å²) in [5.41, 5.74) is 1.70. The smallest absolute Gasteiger partial charge is 0.335 e. The largest absolute Gasteiger partial charge is 0.487 e. The van der Waals surface area contributed by atoms with E-state index in [0.29, 0.717) is 11.3 Å². The molecule has 0 fully saturated rings. The van der Waals surface area contributed by atoms with Gasteiger partial charge in [0.1, 0.15) is 29.0 Å². The maximum atomic E-state index is 13.8. The van der Waals surface area contributed by atoms with Crippen LogP contribution in [0.1, 0.15) is 32.7 Å². The number of aromatic carboxylic acids is 1. The van der Waals surface area contributed by atoms with E-state index in [0.717, 1.165) is 17.7 Å². The molecule has 0 spiro atoms. The molecule has 30 heavy (non-hydrogen) atoms. The van der Waals surface area contributed by atoms with Gasteiger partial charge in [-0.25, -0.2) is 13.6 Å².